The summed E-state index contributed by atoms with van der Waals surface area (Å²) in [6, 6.07) is 6.53. The molecule has 0 unspecified atom stereocenters. The van der Waals surface area contributed by atoms with E-state index in [1.54, 1.807) is 35.9 Å². The first-order valence-corrected chi connectivity index (χ1v) is 10.5. The van der Waals surface area contributed by atoms with Crippen LogP contribution < -0.4 is 16.6 Å². The summed E-state index contributed by atoms with van der Waals surface area (Å²) < 4.78 is 9.18. The number of carbonyl (C=O) groups is 2. The number of unbranched alkanes of at least 4 members (excludes halogenated alkanes) is 1. The third-order valence-electron chi connectivity index (χ3n) is 5.16. The second-order valence-electron chi connectivity index (χ2n) is 7.53. The van der Waals surface area contributed by atoms with Gasteiger partial charge in [-0.05, 0) is 37.1 Å². The molecule has 0 fully saturated rings. The van der Waals surface area contributed by atoms with Crippen molar-refractivity contribution in [2.75, 3.05) is 11.9 Å². The van der Waals surface area contributed by atoms with Crippen LogP contribution in [0.15, 0.2) is 40.2 Å². The van der Waals surface area contributed by atoms with Gasteiger partial charge in [-0.1, -0.05) is 13.3 Å². The molecule has 3 aromatic rings. The lowest BCUT2D eigenvalue weighted by Crippen LogP contribution is -2.37. The van der Waals surface area contributed by atoms with Gasteiger partial charge in [-0.3, -0.25) is 18.7 Å². The van der Waals surface area contributed by atoms with Crippen molar-refractivity contribution in [3.05, 3.63) is 57.0 Å². The molecule has 0 aliphatic heterocycles. The molecule has 0 bridgehead atoms. The van der Waals surface area contributed by atoms with Gasteiger partial charge >= 0.3 is 11.7 Å². The molecule has 2 aromatic heterocycles. The quantitative estimate of drug-likeness (QED) is 0.400. The van der Waals surface area contributed by atoms with E-state index >= 15 is 0 Å². The second kappa shape index (κ2) is 10.1. The number of rotatable bonds is 9. The Morgan fingerprint density at radius 1 is 1.06 bits per heavy atom. The van der Waals surface area contributed by atoms with Gasteiger partial charge in [-0.25, -0.2) is 14.6 Å². The number of aromatic nitrogens is 4. The molecule has 0 aliphatic rings. The van der Waals surface area contributed by atoms with E-state index in [4.69, 9.17) is 4.74 Å². The van der Waals surface area contributed by atoms with Crippen LogP contribution in [-0.4, -0.2) is 37.2 Å². The molecule has 170 valence electrons. The zero-order valence-corrected chi connectivity index (χ0v) is 18.5. The molecule has 0 aliphatic carbocycles. The average molecular weight is 441 g/mol. The number of esters is 1. The molecular weight excluding hydrogens is 414 g/mol. The number of imidazole rings is 1. The lowest BCUT2D eigenvalue weighted by molar-refractivity contribution is -0.116. The standard InChI is InChI=1S/C22H27N5O5/c1-4-5-13-32-21(30)15-8-10-16(11-9-15)24-17(28)7-6-12-27-14-23-19-18(27)20(29)26(3)22(31)25(19)2/h8-11,14H,4-7,12-13H2,1-3H3,(H,24,28). The fourth-order valence-corrected chi connectivity index (χ4v) is 3.28. The first-order valence-electron chi connectivity index (χ1n) is 10.5. The van der Waals surface area contributed by atoms with Gasteiger partial charge < -0.3 is 14.6 Å². The van der Waals surface area contributed by atoms with Gasteiger partial charge in [-0.2, -0.15) is 0 Å². The van der Waals surface area contributed by atoms with Gasteiger partial charge in [0.1, 0.15) is 0 Å². The van der Waals surface area contributed by atoms with Crippen molar-refractivity contribution in [1.29, 1.82) is 0 Å². The van der Waals surface area contributed by atoms with E-state index in [2.05, 4.69) is 10.3 Å². The number of nitrogens with one attached hydrogen (secondary N) is 1. The fourth-order valence-electron chi connectivity index (χ4n) is 3.28. The Kier molecular flexibility index (Phi) is 7.24. The molecule has 0 atom stereocenters. The highest BCUT2D eigenvalue weighted by Crippen LogP contribution is 2.12. The Balaban J connectivity index is 1.55. The van der Waals surface area contributed by atoms with Gasteiger partial charge in [-0.15, -0.1) is 0 Å². The van der Waals surface area contributed by atoms with Crippen LogP contribution in [-0.2, 0) is 30.2 Å². The maximum Gasteiger partial charge on any atom is 0.338 e. The van der Waals surface area contributed by atoms with Crippen LogP contribution in [0.2, 0.25) is 0 Å². The topological polar surface area (TPSA) is 117 Å². The molecule has 1 aromatic carbocycles. The first-order chi connectivity index (χ1) is 15.3. The van der Waals surface area contributed by atoms with Crippen LogP contribution in [0.5, 0.6) is 0 Å². The number of ether oxygens (including phenoxy) is 1. The predicted octanol–water partition coefficient (Wildman–Crippen LogP) is 1.81. The Morgan fingerprint density at radius 3 is 2.47 bits per heavy atom. The molecule has 3 rings (SSSR count). The highest BCUT2D eigenvalue weighted by Gasteiger charge is 2.14. The minimum Gasteiger partial charge on any atom is -0.462 e. The maximum atomic E-state index is 12.4. The average Bonchev–Trinajstić information content (AvgIpc) is 3.21. The summed E-state index contributed by atoms with van der Waals surface area (Å²) in [7, 11) is 2.98. The van der Waals surface area contributed by atoms with E-state index in [0.717, 1.165) is 17.4 Å². The van der Waals surface area contributed by atoms with Crippen molar-refractivity contribution in [2.45, 2.75) is 39.2 Å². The maximum absolute atomic E-state index is 12.4. The number of fused-ring (bicyclic) bond motifs is 1. The highest BCUT2D eigenvalue weighted by molar-refractivity contribution is 5.93. The van der Waals surface area contributed by atoms with Crippen molar-refractivity contribution in [1.82, 2.24) is 18.7 Å². The lowest BCUT2D eigenvalue weighted by Gasteiger charge is -2.08. The van der Waals surface area contributed by atoms with Gasteiger partial charge in [0.15, 0.2) is 11.2 Å². The number of carbonyl (C=O) groups excluding carboxylic acids is 2. The summed E-state index contributed by atoms with van der Waals surface area (Å²) in [4.78, 5) is 52.8. The predicted molar refractivity (Wildman–Crippen MR) is 120 cm³/mol. The Hall–Kier alpha value is -3.69. The molecule has 0 radical (unpaired) electrons. The number of nitrogens with zero attached hydrogens (tertiary/aromatic N) is 4. The van der Waals surface area contributed by atoms with E-state index in [1.807, 2.05) is 6.92 Å². The Bertz CT molecular complexity index is 1240. The second-order valence-corrected chi connectivity index (χ2v) is 7.53. The first kappa shape index (κ1) is 23.0. The van der Waals surface area contributed by atoms with E-state index in [1.165, 1.54) is 17.9 Å². The molecule has 1 amide bonds. The summed E-state index contributed by atoms with van der Waals surface area (Å²) in [5, 5.41) is 2.79. The van der Waals surface area contributed by atoms with Crippen molar-refractivity contribution in [2.24, 2.45) is 14.1 Å². The van der Waals surface area contributed by atoms with Gasteiger partial charge in [0, 0.05) is 32.7 Å². The molecule has 0 spiro atoms. The van der Waals surface area contributed by atoms with Gasteiger partial charge in [0.25, 0.3) is 5.56 Å². The number of hydrogen-bond donors (Lipinski definition) is 1. The summed E-state index contributed by atoms with van der Waals surface area (Å²) in [5.41, 5.74) is 0.803. The van der Waals surface area contributed by atoms with Crippen molar-refractivity contribution in [3.63, 3.8) is 0 Å². The third-order valence-corrected chi connectivity index (χ3v) is 5.16. The lowest BCUT2D eigenvalue weighted by atomic mass is 10.2. The van der Waals surface area contributed by atoms with Crippen LogP contribution in [0.1, 0.15) is 43.0 Å². The molecular formula is C22H27N5O5. The number of benzene rings is 1. The highest BCUT2D eigenvalue weighted by atomic mass is 16.5. The SMILES string of the molecule is CCCCOC(=O)c1ccc(NC(=O)CCCn2cnc3c2c(=O)n(C)c(=O)n3C)cc1. The van der Waals surface area contributed by atoms with E-state index in [0.29, 0.717) is 42.0 Å². The number of amides is 1. The van der Waals surface area contributed by atoms with E-state index < -0.39 is 11.2 Å². The Labute approximate surface area is 184 Å². The van der Waals surface area contributed by atoms with Crippen molar-refractivity contribution in [3.8, 4) is 0 Å². The zero-order valence-electron chi connectivity index (χ0n) is 18.5. The summed E-state index contributed by atoms with van der Waals surface area (Å²) >= 11 is 0. The minimum absolute atomic E-state index is 0.187. The Morgan fingerprint density at radius 2 is 1.78 bits per heavy atom. The van der Waals surface area contributed by atoms with Crippen LogP contribution in [0.25, 0.3) is 11.2 Å². The van der Waals surface area contributed by atoms with Crippen molar-refractivity contribution >= 4 is 28.7 Å². The third kappa shape index (κ3) is 4.96. The fraction of sp³-hybridized carbons (Fsp3) is 0.409. The van der Waals surface area contributed by atoms with Crippen LogP contribution in [0.3, 0.4) is 0 Å². The number of aryl methyl sites for hydroxylation is 2. The largest absolute Gasteiger partial charge is 0.462 e. The van der Waals surface area contributed by atoms with Gasteiger partial charge in [0.2, 0.25) is 5.91 Å². The zero-order chi connectivity index (χ0) is 23.3. The van der Waals surface area contributed by atoms with Crippen LogP contribution in [0.4, 0.5) is 5.69 Å². The molecule has 1 N–H and O–H groups in total. The van der Waals surface area contributed by atoms with E-state index in [-0.39, 0.29) is 18.3 Å². The summed E-state index contributed by atoms with van der Waals surface area (Å²) in [5.74, 6) is -0.569. The smallest absolute Gasteiger partial charge is 0.338 e. The van der Waals surface area contributed by atoms with Crippen LogP contribution in [0, 0.1) is 0 Å². The number of anilines is 1. The molecule has 32 heavy (non-hydrogen) atoms. The monoisotopic (exact) mass is 441 g/mol. The summed E-state index contributed by atoms with van der Waals surface area (Å²) in [6.45, 7) is 2.82. The molecule has 10 nitrogen and oxygen atoms in total. The molecule has 10 heteroatoms. The summed E-state index contributed by atoms with van der Waals surface area (Å²) in [6.07, 6.45) is 3.98. The van der Waals surface area contributed by atoms with Crippen LogP contribution >= 0.6 is 0 Å². The van der Waals surface area contributed by atoms with Gasteiger partial charge in [0.05, 0.1) is 18.5 Å². The molecule has 2 heterocycles. The molecule has 0 saturated heterocycles. The number of hydrogen-bond acceptors (Lipinski definition) is 6. The molecule has 0 saturated carbocycles. The normalized spacial score (nSPS) is 11.0. The minimum atomic E-state index is -0.438. The van der Waals surface area contributed by atoms with E-state index in [9.17, 15) is 19.2 Å². The van der Waals surface area contributed by atoms with Crippen molar-refractivity contribution < 1.29 is 14.3 Å².